The van der Waals surface area contributed by atoms with Crippen LogP contribution in [0.3, 0.4) is 0 Å². The predicted molar refractivity (Wildman–Crippen MR) is 47.6 cm³/mol. The Bertz CT molecular complexity index is 163. The van der Waals surface area contributed by atoms with Crippen LogP contribution in [0, 0.1) is 0 Å². The summed E-state index contributed by atoms with van der Waals surface area (Å²) in [6.45, 7) is 5.05. The number of ether oxygens (including phenoxy) is 2. The molecule has 1 atom stereocenters. The Labute approximate surface area is 77.8 Å². The third-order valence-electron chi connectivity index (χ3n) is 1.74. The topological polar surface area (TPSA) is 59.6 Å². The minimum Gasteiger partial charge on any atom is -0.379 e. The maximum atomic E-state index is 10.7. The fourth-order valence-corrected chi connectivity index (χ4v) is 1.09. The smallest absolute Gasteiger partial charge is 0.315 e. The van der Waals surface area contributed by atoms with Crippen molar-refractivity contribution in [3.63, 3.8) is 0 Å². The Hall–Kier alpha value is -0.810. The van der Waals surface area contributed by atoms with E-state index in [0.717, 1.165) is 0 Å². The van der Waals surface area contributed by atoms with Crippen LogP contribution in [0.15, 0.2) is 0 Å². The van der Waals surface area contributed by atoms with E-state index in [4.69, 9.17) is 9.47 Å². The van der Waals surface area contributed by atoms with E-state index >= 15 is 0 Å². The van der Waals surface area contributed by atoms with E-state index in [-0.39, 0.29) is 12.1 Å². The number of rotatable bonds is 6. The fourth-order valence-electron chi connectivity index (χ4n) is 1.09. The monoisotopic (exact) mass is 188 g/mol. The van der Waals surface area contributed by atoms with E-state index in [9.17, 15) is 4.79 Å². The summed E-state index contributed by atoms with van der Waals surface area (Å²) >= 11 is 0. The first-order valence-electron chi connectivity index (χ1n) is 4.52. The van der Waals surface area contributed by atoms with Gasteiger partial charge in [0.15, 0.2) is 0 Å². The molecule has 0 aromatic rings. The molecule has 1 saturated heterocycles. The zero-order chi connectivity index (χ0) is 9.52. The zero-order valence-electron chi connectivity index (χ0n) is 7.84. The number of hydrogen-bond acceptors (Lipinski definition) is 3. The highest BCUT2D eigenvalue weighted by molar-refractivity contribution is 5.76. The Morgan fingerprint density at radius 1 is 1.46 bits per heavy atom. The van der Waals surface area contributed by atoms with Gasteiger partial charge in [-0.05, 0) is 6.92 Å². The van der Waals surface area contributed by atoms with Crippen molar-refractivity contribution in [1.82, 2.24) is 10.6 Å². The molecule has 0 radical (unpaired) electrons. The van der Waals surface area contributed by atoms with Crippen LogP contribution in [0.4, 0.5) is 4.79 Å². The second-order valence-electron chi connectivity index (χ2n) is 2.82. The molecule has 2 N–H and O–H groups in total. The van der Waals surface area contributed by atoms with Gasteiger partial charge >= 0.3 is 6.03 Å². The van der Waals surface area contributed by atoms with Crippen LogP contribution in [0.25, 0.3) is 0 Å². The third kappa shape index (κ3) is 4.10. The molecule has 1 unspecified atom stereocenters. The number of carbonyl (C=O) groups is 1. The maximum Gasteiger partial charge on any atom is 0.315 e. The molecule has 1 fully saturated rings. The summed E-state index contributed by atoms with van der Waals surface area (Å²) in [6.07, 6.45) is 0. The minimum absolute atomic E-state index is 0.106. The zero-order valence-corrected chi connectivity index (χ0v) is 7.84. The van der Waals surface area contributed by atoms with Crippen molar-refractivity contribution in [2.45, 2.75) is 13.0 Å². The normalized spacial score (nSPS) is 21.3. The molecule has 13 heavy (non-hydrogen) atoms. The van der Waals surface area contributed by atoms with Gasteiger partial charge in [-0.1, -0.05) is 0 Å². The van der Waals surface area contributed by atoms with Crippen LogP contribution >= 0.6 is 0 Å². The van der Waals surface area contributed by atoms with Crippen molar-refractivity contribution >= 4 is 6.03 Å². The van der Waals surface area contributed by atoms with Gasteiger partial charge in [-0.25, -0.2) is 4.79 Å². The maximum absolute atomic E-state index is 10.7. The average molecular weight is 188 g/mol. The third-order valence-corrected chi connectivity index (χ3v) is 1.74. The van der Waals surface area contributed by atoms with E-state index in [0.29, 0.717) is 33.0 Å². The SMILES string of the molecule is CCOCCOCC1CNC(=O)N1. The van der Waals surface area contributed by atoms with Gasteiger partial charge in [0.25, 0.3) is 0 Å². The molecule has 1 rings (SSSR count). The first kappa shape index (κ1) is 10.3. The Morgan fingerprint density at radius 2 is 2.23 bits per heavy atom. The summed E-state index contributed by atoms with van der Waals surface area (Å²) in [6, 6.07) is -0.00691. The van der Waals surface area contributed by atoms with Crippen LogP contribution in [0.2, 0.25) is 0 Å². The van der Waals surface area contributed by atoms with Gasteiger partial charge in [-0.2, -0.15) is 0 Å². The molecule has 2 amide bonds. The summed E-state index contributed by atoms with van der Waals surface area (Å²) in [5.41, 5.74) is 0. The van der Waals surface area contributed by atoms with Crippen molar-refractivity contribution in [2.24, 2.45) is 0 Å². The van der Waals surface area contributed by atoms with Gasteiger partial charge in [-0.3, -0.25) is 0 Å². The number of nitrogens with one attached hydrogen (secondary N) is 2. The van der Waals surface area contributed by atoms with E-state index in [1.807, 2.05) is 6.92 Å². The fraction of sp³-hybridized carbons (Fsp3) is 0.875. The lowest BCUT2D eigenvalue weighted by Gasteiger charge is -2.08. The lowest BCUT2D eigenvalue weighted by atomic mass is 10.3. The summed E-state index contributed by atoms with van der Waals surface area (Å²) < 4.78 is 10.4. The van der Waals surface area contributed by atoms with Gasteiger partial charge in [0.2, 0.25) is 0 Å². The van der Waals surface area contributed by atoms with Crippen molar-refractivity contribution in [3.8, 4) is 0 Å². The molecule has 0 spiro atoms. The molecule has 1 aliphatic rings. The van der Waals surface area contributed by atoms with Crippen molar-refractivity contribution in [1.29, 1.82) is 0 Å². The lowest BCUT2D eigenvalue weighted by Crippen LogP contribution is -2.31. The molecule has 0 bridgehead atoms. The molecule has 0 aromatic heterocycles. The molecule has 5 nitrogen and oxygen atoms in total. The highest BCUT2D eigenvalue weighted by Crippen LogP contribution is 1.91. The van der Waals surface area contributed by atoms with Crippen LogP contribution in [-0.2, 0) is 9.47 Å². The van der Waals surface area contributed by atoms with E-state index in [1.54, 1.807) is 0 Å². The number of carbonyl (C=O) groups excluding carboxylic acids is 1. The number of hydrogen-bond donors (Lipinski definition) is 2. The van der Waals surface area contributed by atoms with Crippen LogP contribution < -0.4 is 10.6 Å². The molecule has 1 aliphatic heterocycles. The highest BCUT2D eigenvalue weighted by Gasteiger charge is 2.19. The molecule has 0 aromatic carbocycles. The first-order valence-corrected chi connectivity index (χ1v) is 4.52. The van der Waals surface area contributed by atoms with Crippen molar-refractivity contribution in [2.75, 3.05) is 33.0 Å². The van der Waals surface area contributed by atoms with E-state index in [2.05, 4.69) is 10.6 Å². The summed E-state index contributed by atoms with van der Waals surface area (Å²) in [5.74, 6) is 0. The largest absolute Gasteiger partial charge is 0.379 e. The van der Waals surface area contributed by atoms with E-state index < -0.39 is 0 Å². The molecule has 76 valence electrons. The molecular weight excluding hydrogens is 172 g/mol. The molecule has 1 heterocycles. The lowest BCUT2D eigenvalue weighted by molar-refractivity contribution is 0.0469. The molecular formula is C8H16N2O3. The van der Waals surface area contributed by atoms with Gasteiger partial charge in [-0.15, -0.1) is 0 Å². The molecule has 5 heteroatoms. The van der Waals surface area contributed by atoms with Crippen LogP contribution in [0.5, 0.6) is 0 Å². The second kappa shape index (κ2) is 5.77. The van der Waals surface area contributed by atoms with Gasteiger partial charge in [0, 0.05) is 13.2 Å². The summed E-state index contributed by atoms with van der Waals surface area (Å²) in [4.78, 5) is 10.7. The van der Waals surface area contributed by atoms with Gasteiger partial charge in [0.1, 0.15) is 0 Å². The second-order valence-corrected chi connectivity index (χ2v) is 2.82. The summed E-state index contributed by atoms with van der Waals surface area (Å²) in [5, 5.41) is 5.39. The quantitative estimate of drug-likeness (QED) is 0.564. The Balaban J connectivity index is 1.91. The van der Waals surface area contributed by atoms with Crippen molar-refractivity contribution in [3.05, 3.63) is 0 Å². The summed E-state index contributed by atoms with van der Waals surface area (Å²) in [7, 11) is 0. The van der Waals surface area contributed by atoms with Crippen LogP contribution in [0.1, 0.15) is 6.92 Å². The van der Waals surface area contributed by atoms with E-state index in [1.165, 1.54) is 0 Å². The standard InChI is InChI=1S/C8H16N2O3/c1-2-12-3-4-13-6-7-5-9-8(11)10-7/h7H,2-6H2,1H3,(H2,9,10,11). The number of urea groups is 1. The Kier molecular flexibility index (Phi) is 4.56. The number of amides is 2. The van der Waals surface area contributed by atoms with Crippen molar-refractivity contribution < 1.29 is 14.3 Å². The predicted octanol–water partition coefficient (Wildman–Crippen LogP) is -0.279. The molecule has 0 saturated carbocycles. The average Bonchev–Trinajstić information content (AvgIpc) is 2.51. The van der Waals surface area contributed by atoms with Crippen LogP contribution in [-0.4, -0.2) is 45.0 Å². The minimum atomic E-state index is -0.113. The first-order chi connectivity index (χ1) is 6.33. The van der Waals surface area contributed by atoms with Gasteiger partial charge < -0.3 is 20.1 Å². The highest BCUT2D eigenvalue weighted by atomic mass is 16.5. The molecule has 0 aliphatic carbocycles. The van der Waals surface area contributed by atoms with Gasteiger partial charge in [0.05, 0.1) is 25.9 Å². The Morgan fingerprint density at radius 3 is 2.85 bits per heavy atom.